The molecule has 16 heavy (non-hydrogen) atoms. The average Bonchev–Trinajstić information content (AvgIpc) is 2.75. The number of aromatic nitrogens is 2. The van der Waals surface area contributed by atoms with Crippen molar-refractivity contribution in [2.45, 2.75) is 0 Å². The third-order valence-corrected chi connectivity index (χ3v) is 3.40. The molecule has 3 heteroatoms. The maximum Gasteiger partial charge on any atom is 0.150 e. The van der Waals surface area contributed by atoms with Gasteiger partial charge in [0.2, 0.25) is 0 Å². The Hall–Kier alpha value is -1.36. The van der Waals surface area contributed by atoms with E-state index < -0.39 is 0 Å². The zero-order valence-electron chi connectivity index (χ0n) is 8.47. The second-order valence-corrected chi connectivity index (χ2v) is 4.72. The molecule has 0 amide bonds. The lowest BCUT2D eigenvalue weighted by Gasteiger charge is -2.01. The fourth-order valence-electron chi connectivity index (χ4n) is 1.80. The Balaban J connectivity index is 2.30. The van der Waals surface area contributed by atoms with E-state index in [1.54, 1.807) is 0 Å². The van der Waals surface area contributed by atoms with Gasteiger partial charge in [-0.25, -0.2) is 4.98 Å². The van der Waals surface area contributed by atoms with Crippen molar-refractivity contribution >= 4 is 28.2 Å². The zero-order valence-corrected chi connectivity index (χ0v) is 10.6. The Labute approximate surface area is 107 Å². The number of fused-ring (bicyclic) bond motifs is 1. The summed E-state index contributed by atoms with van der Waals surface area (Å²) in [4.78, 5) is 4.45. The number of rotatable bonds is 1. The van der Waals surface area contributed by atoms with Crippen molar-refractivity contribution in [3.63, 3.8) is 0 Å². The summed E-state index contributed by atoms with van der Waals surface area (Å²) in [5.74, 6) is 0. The van der Waals surface area contributed by atoms with Gasteiger partial charge in [0.15, 0.2) is 5.65 Å². The first-order valence-electron chi connectivity index (χ1n) is 5.03. The lowest BCUT2D eigenvalue weighted by molar-refractivity contribution is 1.18. The van der Waals surface area contributed by atoms with Gasteiger partial charge in [-0.05, 0) is 34.7 Å². The third-order valence-electron chi connectivity index (χ3n) is 2.56. The molecule has 0 saturated carbocycles. The summed E-state index contributed by atoms with van der Waals surface area (Å²) in [7, 11) is 0. The number of hydrogen-bond acceptors (Lipinski definition) is 1. The van der Waals surface area contributed by atoms with Crippen LogP contribution in [-0.2, 0) is 0 Å². The normalized spacial score (nSPS) is 10.8. The van der Waals surface area contributed by atoms with Crippen LogP contribution in [0, 0.1) is 3.57 Å². The highest BCUT2D eigenvalue weighted by atomic mass is 127. The Morgan fingerprint density at radius 3 is 2.62 bits per heavy atom. The van der Waals surface area contributed by atoms with Crippen molar-refractivity contribution in [2.75, 3.05) is 0 Å². The quantitative estimate of drug-likeness (QED) is 0.626. The Morgan fingerprint density at radius 1 is 1.00 bits per heavy atom. The first-order chi connectivity index (χ1) is 7.86. The third kappa shape index (κ3) is 1.51. The van der Waals surface area contributed by atoms with Crippen molar-refractivity contribution in [2.24, 2.45) is 0 Å². The molecule has 2 heterocycles. The van der Waals surface area contributed by atoms with Crippen molar-refractivity contribution in [1.29, 1.82) is 0 Å². The first kappa shape index (κ1) is 9.84. The molecule has 0 aliphatic carbocycles. The van der Waals surface area contributed by atoms with Crippen molar-refractivity contribution < 1.29 is 0 Å². The summed E-state index contributed by atoms with van der Waals surface area (Å²) in [5, 5.41) is 0. The summed E-state index contributed by atoms with van der Waals surface area (Å²) < 4.78 is 3.29. The molecule has 0 unspecified atom stereocenters. The van der Waals surface area contributed by atoms with Crippen LogP contribution in [0.15, 0.2) is 54.9 Å². The summed E-state index contributed by atoms with van der Waals surface area (Å²) in [6.45, 7) is 0. The standard InChI is InChI=1S/C13H9IN2/c14-11-7-4-8-16-12(9-15-13(11)16)10-5-2-1-3-6-10/h1-9H. The molecule has 0 N–H and O–H groups in total. The molecule has 78 valence electrons. The molecule has 0 bridgehead atoms. The van der Waals surface area contributed by atoms with Crippen LogP contribution in [0.25, 0.3) is 16.9 Å². The molecule has 2 aromatic heterocycles. The van der Waals surface area contributed by atoms with Crippen LogP contribution in [0.3, 0.4) is 0 Å². The Morgan fingerprint density at radius 2 is 1.81 bits per heavy atom. The lowest BCUT2D eigenvalue weighted by Crippen LogP contribution is -1.89. The van der Waals surface area contributed by atoms with Crippen molar-refractivity contribution in [3.8, 4) is 11.3 Å². The van der Waals surface area contributed by atoms with Crippen LogP contribution < -0.4 is 0 Å². The van der Waals surface area contributed by atoms with Gasteiger partial charge >= 0.3 is 0 Å². The summed E-state index contributed by atoms with van der Waals surface area (Å²) in [6.07, 6.45) is 3.97. The van der Waals surface area contributed by atoms with Crippen LogP contribution in [0.2, 0.25) is 0 Å². The van der Waals surface area contributed by atoms with E-state index in [4.69, 9.17) is 0 Å². The maximum absolute atomic E-state index is 4.45. The molecule has 0 aliphatic rings. The molecule has 3 rings (SSSR count). The summed E-state index contributed by atoms with van der Waals surface area (Å²) >= 11 is 2.31. The fraction of sp³-hybridized carbons (Fsp3) is 0. The van der Waals surface area contributed by atoms with E-state index in [0.29, 0.717) is 0 Å². The zero-order chi connectivity index (χ0) is 11.0. The summed E-state index contributed by atoms with van der Waals surface area (Å²) in [5.41, 5.74) is 3.34. The topological polar surface area (TPSA) is 17.3 Å². The minimum absolute atomic E-state index is 1.02. The molecular weight excluding hydrogens is 311 g/mol. The van der Waals surface area contributed by atoms with Gasteiger partial charge in [0.05, 0.1) is 15.5 Å². The highest BCUT2D eigenvalue weighted by Crippen LogP contribution is 2.22. The Kier molecular flexibility index (Phi) is 2.40. The number of pyridine rings is 1. The predicted octanol–water partition coefficient (Wildman–Crippen LogP) is 3.61. The number of hydrogen-bond donors (Lipinski definition) is 0. The van der Waals surface area contributed by atoms with Gasteiger partial charge in [0.1, 0.15) is 0 Å². The van der Waals surface area contributed by atoms with Crippen molar-refractivity contribution in [3.05, 3.63) is 58.4 Å². The first-order valence-corrected chi connectivity index (χ1v) is 6.11. The highest BCUT2D eigenvalue weighted by molar-refractivity contribution is 14.1. The Bertz CT molecular complexity index is 629. The molecule has 0 saturated heterocycles. The second kappa shape index (κ2) is 3.90. The minimum atomic E-state index is 1.02. The van der Waals surface area contributed by atoms with Gasteiger partial charge in [0.25, 0.3) is 0 Å². The maximum atomic E-state index is 4.45. The van der Waals surface area contributed by atoms with E-state index in [0.717, 1.165) is 11.3 Å². The molecule has 0 spiro atoms. The number of halogens is 1. The fourth-order valence-corrected chi connectivity index (χ4v) is 2.41. The second-order valence-electron chi connectivity index (χ2n) is 3.56. The molecule has 0 atom stereocenters. The molecular formula is C13H9IN2. The van der Waals surface area contributed by atoms with Gasteiger partial charge in [-0.2, -0.15) is 0 Å². The predicted molar refractivity (Wildman–Crippen MR) is 73.3 cm³/mol. The number of imidazole rings is 1. The number of nitrogens with zero attached hydrogens (tertiary/aromatic N) is 2. The van der Waals surface area contributed by atoms with E-state index in [1.807, 2.05) is 36.7 Å². The van der Waals surface area contributed by atoms with Crippen LogP contribution >= 0.6 is 22.6 Å². The smallest absolute Gasteiger partial charge is 0.150 e. The van der Waals surface area contributed by atoms with E-state index in [9.17, 15) is 0 Å². The van der Waals surface area contributed by atoms with E-state index in [-0.39, 0.29) is 0 Å². The monoisotopic (exact) mass is 320 g/mol. The SMILES string of the molecule is Ic1cccn2c(-c3ccccc3)cnc12. The molecule has 0 radical (unpaired) electrons. The van der Waals surface area contributed by atoms with Gasteiger partial charge in [-0.3, -0.25) is 4.40 Å². The largest absolute Gasteiger partial charge is 0.299 e. The van der Waals surface area contributed by atoms with Crippen molar-refractivity contribution in [1.82, 2.24) is 9.38 Å². The van der Waals surface area contributed by atoms with Gasteiger partial charge in [-0.15, -0.1) is 0 Å². The van der Waals surface area contributed by atoms with E-state index in [1.165, 1.54) is 9.13 Å². The molecule has 1 aromatic carbocycles. The van der Waals surface area contributed by atoms with Gasteiger partial charge in [0, 0.05) is 11.8 Å². The number of benzene rings is 1. The van der Waals surface area contributed by atoms with E-state index in [2.05, 4.69) is 50.2 Å². The van der Waals surface area contributed by atoms with Crippen LogP contribution in [0.5, 0.6) is 0 Å². The van der Waals surface area contributed by atoms with E-state index >= 15 is 0 Å². The molecule has 2 nitrogen and oxygen atoms in total. The molecule has 0 aliphatic heterocycles. The highest BCUT2D eigenvalue weighted by Gasteiger charge is 2.06. The van der Waals surface area contributed by atoms with Gasteiger partial charge in [-0.1, -0.05) is 30.3 Å². The van der Waals surface area contributed by atoms with Crippen LogP contribution in [0.4, 0.5) is 0 Å². The average molecular weight is 320 g/mol. The lowest BCUT2D eigenvalue weighted by atomic mass is 10.2. The van der Waals surface area contributed by atoms with Gasteiger partial charge < -0.3 is 0 Å². The summed E-state index contributed by atoms with van der Waals surface area (Å²) in [6, 6.07) is 14.4. The molecule has 0 fully saturated rings. The van der Waals surface area contributed by atoms with Crippen LogP contribution in [-0.4, -0.2) is 9.38 Å². The van der Waals surface area contributed by atoms with Crippen LogP contribution in [0.1, 0.15) is 0 Å². The minimum Gasteiger partial charge on any atom is -0.299 e. The molecule has 3 aromatic rings.